The molecule has 0 saturated carbocycles. The SMILES string of the molecule is Cc1cc(NC(C)C(C)(C)C)n2ncnc2c1. The van der Waals surface area contributed by atoms with Gasteiger partial charge in [-0.1, -0.05) is 20.8 Å². The molecule has 92 valence electrons. The first-order chi connectivity index (χ1) is 7.88. The molecule has 17 heavy (non-hydrogen) atoms. The molecule has 0 aromatic carbocycles. The molecule has 0 saturated heterocycles. The van der Waals surface area contributed by atoms with Crippen molar-refractivity contribution in [1.82, 2.24) is 14.6 Å². The zero-order valence-electron chi connectivity index (χ0n) is 11.2. The van der Waals surface area contributed by atoms with E-state index in [4.69, 9.17) is 0 Å². The average Bonchev–Trinajstić information content (AvgIpc) is 2.63. The molecule has 1 atom stereocenters. The fourth-order valence-corrected chi connectivity index (χ4v) is 1.60. The van der Waals surface area contributed by atoms with Gasteiger partial charge >= 0.3 is 0 Å². The first-order valence-electron chi connectivity index (χ1n) is 5.95. The van der Waals surface area contributed by atoms with E-state index in [0.29, 0.717) is 6.04 Å². The van der Waals surface area contributed by atoms with Crippen molar-refractivity contribution in [1.29, 1.82) is 0 Å². The number of hydrogen-bond acceptors (Lipinski definition) is 3. The first-order valence-corrected chi connectivity index (χ1v) is 5.95. The van der Waals surface area contributed by atoms with Gasteiger partial charge in [0.2, 0.25) is 0 Å². The highest BCUT2D eigenvalue weighted by Crippen LogP contribution is 2.23. The minimum atomic E-state index is 0.205. The lowest BCUT2D eigenvalue weighted by molar-refractivity contribution is 0.358. The van der Waals surface area contributed by atoms with Crippen LogP contribution in [0.15, 0.2) is 18.5 Å². The van der Waals surface area contributed by atoms with E-state index in [1.165, 1.54) is 5.56 Å². The van der Waals surface area contributed by atoms with Crippen molar-refractivity contribution < 1.29 is 0 Å². The van der Waals surface area contributed by atoms with Gasteiger partial charge in [0.05, 0.1) is 0 Å². The van der Waals surface area contributed by atoms with Crippen LogP contribution in [0.2, 0.25) is 0 Å². The molecule has 0 bridgehead atoms. The Morgan fingerprint density at radius 3 is 2.65 bits per heavy atom. The Kier molecular flexibility index (Phi) is 2.81. The minimum absolute atomic E-state index is 0.205. The van der Waals surface area contributed by atoms with Gasteiger partial charge in [-0.25, -0.2) is 4.98 Å². The zero-order chi connectivity index (χ0) is 12.6. The van der Waals surface area contributed by atoms with Crippen LogP contribution >= 0.6 is 0 Å². The lowest BCUT2D eigenvalue weighted by Gasteiger charge is -2.29. The summed E-state index contributed by atoms with van der Waals surface area (Å²) in [5, 5.41) is 7.75. The maximum absolute atomic E-state index is 4.24. The third-order valence-corrected chi connectivity index (χ3v) is 3.19. The second-order valence-electron chi connectivity index (χ2n) is 5.68. The zero-order valence-corrected chi connectivity index (χ0v) is 11.2. The van der Waals surface area contributed by atoms with Gasteiger partial charge in [-0.05, 0) is 37.0 Å². The van der Waals surface area contributed by atoms with Crippen LogP contribution in [0, 0.1) is 12.3 Å². The van der Waals surface area contributed by atoms with E-state index in [2.05, 4.69) is 56.1 Å². The predicted molar refractivity (Wildman–Crippen MR) is 70.3 cm³/mol. The Labute approximate surface area is 102 Å². The van der Waals surface area contributed by atoms with Crippen molar-refractivity contribution in [3.05, 3.63) is 24.0 Å². The standard InChI is InChI=1S/C13H20N4/c1-9-6-11-14-8-15-17(11)12(7-9)16-10(2)13(3,4)5/h6-8,10,16H,1-5H3. The molecular weight excluding hydrogens is 212 g/mol. The van der Waals surface area contributed by atoms with Crippen LogP contribution in [0.25, 0.3) is 5.65 Å². The number of aryl methyl sites for hydroxylation is 1. The van der Waals surface area contributed by atoms with E-state index in [1.807, 2.05) is 10.6 Å². The van der Waals surface area contributed by atoms with Crippen LogP contribution < -0.4 is 5.32 Å². The van der Waals surface area contributed by atoms with Gasteiger partial charge in [0.1, 0.15) is 12.1 Å². The quantitative estimate of drug-likeness (QED) is 0.865. The highest BCUT2D eigenvalue weighted by atomic mass is 15.3. The summed E-state index contributed by atoms with van der Waals surface area (Å²) < 4.78 is 1.84. The van der Waals surface area contributed by atoms with Crippen molar-refractivity contribution in [2.75, 3.05) is 5.32 Å². The van der Waals surface area contributed by atoms with Crippen LogP contribution in [0.1, 0.15) is 33.3 Å². The molecule has 0 aliphatic heterocycles. The third-order valence-electron chi connectivity index (χ3n) is 3.19. The highest BCUT2D eigenvalue weighted by Gasteiger charge is 2.20. The molecular formula is C13H20N4. The Morgan fingerprint density at radius 1 is 1.29 bits per heavy atom. The van der Waals surface area contributed by atoms with Gasteiger partial charge < -0.3 is 5.32 Å². The molecule has 2 heterocycles. The molecule has 4 nitrogen and oxygen atoms in total. The van der Waals surface area contributed by atoms with E-state index in [-0.39, 0.29) is 5.41 Å². The van der Waals surface area contributed by atoms with E-state index >= 15 is 0 Å². The largest absolute Gasteiger partial charge is 0.367 e. The summed E-state index contributed by atoms with van der Waals surface area (Å²) >= 11 is 0. The highest BCUT2D eigenvalue weighted by molar-refractivity contribution is 5.51. The lowest BCUT2D eigenvalue weighted by Crippen LogP contribution is -2.31. The maximum atomic E-state index is 4.24. The number of rotatable bonds is 2. The van der Waals surface area contributed by atoms with Crippen LogP contribution in [0.5, 0.6) is 0 Å². The molecule has 2 aromatic heterocycles. The summed E-state index contributed by atoms with van der Waals surface area (Å²) in [4.78, 5) is 4.22. The fourth-order valence-electron chi connectivity index (χ4n) is 1.60. The maximum Gasteiger partial charge on any atom is 0.157 e. The first kappa shape index (κ1) is 11.9. The van der Waals surface area contributed by atoms with Crippen LogP contribution in [-0.4, -0.2) is 20.6 Å². The van der Waals surface area contributed by atoms with Crippen LogP contribution in [-0.2, 0) is 0 Å². The Bertz CT molecular complexity index is 522. The van der Waals surface area contributed by atoms with Crippen LogP contribution in [0.3, 0.4) is 0 Å². The summed E-state index contributed by atoms with van der Waals surface area (Å²) in [6.45, 7) is 10.9. The van der Waals surface area contributed by atoms with Crippen molar-refractivity contribution in [3.63, 3.8) is 0 Å². The van der Waals surface area contributed by atoms with Gasteiger partial charge in [0.25, 0.3) is 0 Å². The molecule has 0 radical (unpaired) electrons. The second-order valence-corrected chi connectivity index (χ2v) is 5.68. The minimum Gasteiger partial charge on any atom is -0.367 e. The van der Waals surface area contributed by atoms with Gasteiger partial charge in [-0.3, -0.25) is 0 Å². The molecule has 0 fully saturated rings. The fraction of sp³-hybridized carbons (Fsp3) is 0.538. The van der Waals surface area contributed by atoms with Crippen molar-refractivity contribution in [2.24, 2.45) is 5.41 Å². The third kappa shape index (κ3) is 2.40. The van der Waals surface area contributed by atoms with E-state index in [9.17, 15) is 0 Å². The van der Waals surface area contributed by atoms with Gasteiger partial charge in [-0.2, -0.15) is 9.61 Å². The lowest BCUT2D eigenvalue weighted by atomic mass is 9.88. The van der Waals surface area contributed by atoms with Gasteiger partial charge in [0.15, 0.2) is 5.65 Å². The number of aromatic nitrogens is 3. The van der Waals surface area contributed by atoms with E-state index in [1.54, 1.807) is 6.33 Å². The molecule has 4 heteroatoms. The molecule has 0 aliphatic carbocycles. The second kappa shape index (κ2) is 4.02. The van der Waals surface area contributed by atoms with Crippen molar-refractivity contribution >= 4 is 11.5 Å². The van der Waals surface area contributed by atoms with Crippen LogP contribution in [0.4, 0.5) is 5.82 Å². The van der Waals surface area contributed by atoms with E-state index in [0.717, 1.165) is 11.5 Å². The number of pyridine rings is 1. The monoisotopic (exact) mass is 232 g/mol. The number of hydrogen-bond donors (Lipinski definition) is 1. The molecule has 0 amide bonds. The van der Waals surface area contributed by atoms with Crippen molar-refractivity contribution in [2.45, 2.75) is 40.7 Å². The summed E-state index contributed by atoms with van der Waals surface area (Å²) in [5.74, 6) is 1.000. The molecule has 0 aliphatic rings. The molecule has 1 unspecified atom stereocenters. The summed E-state index contributed by atoms with van der Waals surface area (Å²) in [5.41, 5.74) is 2.28. The topological polar surface area (TPSA) is 42.2 Å². The normalized spacial score (nSPS) is 13.9. The Hall–Kier alpha value is -1.58. The van der Waals surface area contributed by atoms with Gasteiger partial charge in [0, 0.05) is 6.04 Å². The Balaban J connectivity index is 2.38. The summed E-state index contributed by atoms with van der Waals surface area (Å²) in [6.07, 6.45) is 1.59. The Morgan fingerprint density at radius 2 is 2.00 bits per heavy atom. The summed E-state index contributed by atoms with van der Waals surface area (Å²) in [7, 11) is 0. The van der Waals surface area contributed by atoms with Crippen molar-refractivity contribution in [3.8, 4) is 0 Å². The summed E-state index contributed by atoms with van der Waals surface area (Å²) in [6, 6.07) is 4.49. The number of nitrogens with one attached hydrogen (secondary N) is 1. The number of nitrogens with zero attached hydrogens (tertiary/aromatic N) is 3. The predicted octanol–water partition coefficient (Wildman–Crippen LogP) is 2.88. The molecule has 2 rings (SSSR count). The smallest absolute Gasteiger partial charge is 0.157 e. The molecule has 1 N–H and O–H groups in total. The average molecular weight is 232 g/mol. The number of fused-ring (bicyclic) bond motifs is 1. The van der Waals surface area contributed by atoms with E-state index < -0.39 is 0 Å². The molecule has 2 aromatic rings. The number of anilines is 1. The molecule has 0 spiro atoms. The van der Waals surface area contributed by atoms with Gasteiger partial charge in [-0.15, -0.1) is 0 Å².